The lowest BCUT2D eigenvalue weighted by molar-refractivity contribution is -0.144. The molecule has 0 aliphatic heterocycles. The zero-order chi connectivity index (χ0) is 22.0. The van der Waals surface area contributed by atoms with Crippen LogP contribution in [0.2, 0.25) is 0 Å². The SMILES string of the molecule is CCCCn1c(=O)[nH]c(=O)c2c1nc(COC(=O)Cc1c[nH]c3ccccc13)n2CC. The van der Waals surface area contributed by atoms with Gasteiger partial charge in [0, 0.05) is 30.2 Å². The van der Waals surface area contributed by atoms with Crippen molar-refractivity contribution in [3.8, 4) is 0 Å². The van der Waals surface area contributed by atoms with Crippen LogP contribution in [0, 0.1) is 0 Å². The summed E-state index contributed by atoms with van der Waals surface area (Å²) in [7, 11) is 0. The molecular formula is C22H25N5O4. The minimum atomic E-state index is -0.488. The highest BCUT2D eigenvalue weighted by molar-refractivity contribution is 5.87. The lowest BCUT2D eigenvalue weighted by Gasteiger charge is -2.07. The summed E-state index contributed by atoms with van der Waals surface area (Å²) in [6.45, 7) is 4.74. The minimum absolute atomic E-state index is 0.0783. The number of carbonyl (C=O) groups excluding carboxylic acids is 1. The van der Waals surface area contributed by atoms with E-state index in [2.05, 4.69) is 15.0 Å². The molecule has 0 aliphatic rings. The van der Waals surface area contributed by atoms with E-state index in [1.54, 1.807) is 10.8 Å². The van der Waals surface area contributed by atoms with Crippen molar-refractivity contribution in [2.75, 3.05) is 0 Å². The number of esters is 1. The van der Waals surface area contributed by atoms with Crippen molar-refractivity contribution in [1.29, 1.82) is 0 Å². The molecule has 3 heterocycles. The van der Waals surface area contributed by atoms with Gasteiger partial charge in [0.25, 0.3) is 5.56 Å². The Balaban J connectivity index is 1.59. The van der Waals surface area contributed by atoms with Gasteiger partial charge in [-0.3, -0.25) is 19.1 Å². The highest BCUT2D eigenvalue weighted by Gasteiger charge is 2.19. The van der Waals surface area contributed by atoms with Gasteiger partial charge in [0.1, 0.15) is 12.4 Å². The molecule has 0 saturated carbocycles. The number of benzene rings is 1. The average molecular weight is 423 g/mol. The molecule has 0 spiro atoms. The lowest BCUT2D eigenvalue weighted by atomic mass is 10.1. The number of imidazole rings is 1. The van der Waals surface area contributed by atoms with Crippen LogP contribution in [0.1, 0.15) is 38.1 Å². The number of H-pyrrole nitrogens is 2. The van der Waals surface area contributed by atoms with Gasteiger partial charge in [-0.25, -0.2) is 9.78 Å². The molecule has 9 nitrogen and oxygen atoms in total. The van der Waals surface area contributed by atoms with Crippen molar-refractivity contribution in [1.82, 2.24) is 24.1 Å². The highest BCUT2D eigenvalue weighted by atomic mass is 16.5. The van der Waals surface area contributed by atoms with E-state index in [-0.39, 0.29) is 13.0 Å². The molecule has 4 aromatic rings. The summed E-state index contributed by atoms with van der Waals surface area (Å²) in [4.78, 5) is 47.2. The summed E-state index contributed by atoms with van der Waals surface area (Å²) in [6, 6.07) is 7.75. The van der Waals surface area contributed by atoms with Gasteiger partial charge in [-0.1, -0.05) is 31.5 Å². The van der Waals surface area contributed by atoms with Crippen LogP contribution in [0.5, 0.6) is 0 Å². The van der Waals surface area contributed by atoms with Crippen molar-refractivity contribution in [3.63, 3.8) is 0 Å². The number of aromatic nitrogens is 5. The van der Waals surface area contributed by atoms with E-state index in [4.69, 9.17) is 4.74 Å². The second-order valence-corrected chi connectivity index (χ2v) is 7.41. The number of nitrogens with zero attached hydrogens (tertiary/aromatic N) is 3. The van der Waals surface area contributed by atoms with E-state index in [9.17, 15) is 14.4 Å². The van der Waals surface area contributed by atoms with Gasteiger partial charge in [-0.15, -0.1) is 0 Å². The van der Waals surface area contributed by atoms with Crippen LogP contribution in [-0.4, -0.2) is 30.1 Å². The van der Waals surface area contributed by atoms with Crippen LogP contribution in [0.4, 0.5) is 0 Å². The third-order valence-electron chi connectivity index (χ3n) is 5.39. The maximum atomic E-state index is 12.5. The smallest absolute Gasteiger partial charge is 0.330 e. The summed E-state index contributed by atoms with van der Waals surface area (Å²) < 4.78 is 8.64. The Morgan fingerprint density at radius 2 is 1.97 bits per heavy atom. The van der Waals surface area contributed by atoms with Crippen LogP contribution in [0.3, 0.4) is 0 Å². The summed E-state index contributed by atoms with van der Waals surface area (Å²) in [6.07, 6.45) is 3.62. The molecular weight excluding hydrogens is 398 g/mol. The molecule has 2 N–H and O–H groups in total. The predicted octanol–water partition coefficient (Wildman–Crippen LogP) is 2.47. The quantitative estimate of drug-likeness (QED) is 0.423. The number of aryl methyl sites for hydroxylation is 2. The number of rotatable bonds is 8. The largest absolute Gasteiger partial charge is 0.457 e. The van der Waals surface area contributed by atoms with Gasteiger partial charge >= 0.3 is 11.7 Å². The van der Waals surface area contributed by atoms with E-state index >= 15 is 0 Å². The molecule has 0 fully saturated rings. The molecule has 0 aliphatic carbocycles. The number of para-hydroxylation sites is 1. The van der Waals surface area contributed by atoms with Gasteiger partial charge in [0.05, 0.1) is 6.42 Å². The number of hydrogen-bond acceptors (Lipinski definition) is 5. The number of unbranched alkanes of at least 4 members (excludes halogenated alkanes) is 1. The molecule has 0 bridgehead atoms. The molecule has 0 unspecified atom stereocenters. The van der Waals surface area contributed by atoms with Gasteiger partial charge in [0.2, 0.25) is 0 Å². The normalized spacial score (nSPS) is 11.4. The zero-order valence-corrected chi connectivity index (χ0v) is 17.6. The number of carbonyl (C=O) groups is 1. The first-order chi connectivity index (χ1) is 15.0. The maximum Gasteiger partial charge on any atom is 0.330 e. The molecule has 9 heteroatoms. The second kappa shape index (κ2) is 8.63. The van der Waals surface area contributed by atoms with E-state index in [0.29, 0.717) is 30.1 Å². The molecule has 0 amide bonds. The van der Waals surface area contributed by atoms with Gasteiger partial charge < -0.3 is 14.3 Å². The number of fused-ring (bicyclic) bond motifs is 2. The minimum Gasteiger partial charge on any atom is -0.457 e. The summed E-state index contributed by atoms with van der Waals surface area (Å²) in [5, 5.41) is 0.978. The summed E-state index contributed by atoms with van der Waals surface area (Å²) in [5.74, 6) is 0.0443. The molecule has 0 radical (unpaired) electrons. The molecule has 31 heavy (non-hydrogen) atoms. The van der Waals surface area contributed by atoms with Crippen LogP contribution in [-0.2, 0) is 35.6 Å². The van der Waals surface area contributed by atoms with Crippen molar-refractivity contribution >= 4 is 28.0 Å². The van der Waals surface area contributed by atoms with E-state index in [1.807, 2.05) is 38.1 Å². The molecule has 0 atom stereocenters. The Bertz CT molecular complexity index is 1360. The van der Waals surface area contributed by atoms with Crippen molar-refractivity contribution < 1.29 is 9.53 Å². The third kappa shape index (κ3) is 3.90. The second-order valence-electron chi connectivity index (χ2n) is 7.41. The van der Waals surface area contributed by atoms with Crippen LogP contribution >= 0.6 is 0 Å². The highest BCUT2D eigenvalue weighted by Crippen LogP contribution is 2.19. The number of nitrogens with one attached hydrogen (secondary N) is 2. The molecule has 0 saturated heterocycles. The zero-order valence-electron chi connectivity index (χ0n) is 17.6. The predicted molar refractivity (Wildman–Crippen MR) is 117 cm³/mol. The van der Waals surface area contributed by atoms with E-state index in [1.165, 1.54) is 4.57 Å². The van der Waals surface area contributed by atoms with Crippen LogP contribution in [0.15, 0.2) is 40.1 Å². The summed E-state index contributed by atoms with van der Waals surface area (Å²) >= 11 is 0. The number of aromatic amines is 2. The Labute approximate surface area is 177 Å². The van der Waals surface area contributed by atoms with Crippen LogP contribution < -0.4 is 11.2 Å². The molecule has 3 aromatic heterocycles. The first-order valence-electron chi connectivity index (χ1n) is 10.5. The Kier molecular flexibility index (Phi) is 5.75. The topological polar surface area (TPSA) is 115 Å². The van der Waals surface area contributed by atoms with Gasteiger partial charge in [0.15, 0.2) is 11.2 Å². The number of hydrogen-bond donors (Lipinski definition) is 2. The molecule has 162 valence electrons. The van der Waals surface area contributed by atoms with Crippen molar-refractivity contribution in [2.24, 2.45) is 0 Å². The van der Waals surface area contributed by atoms with Crippen molar-refractivity contribution in [2.45, 2.75) is 52.8 Å². The third-order valence-corrected chi connectivity index (χ3v) is 5.39. The lowest BCUT2D eigenvalue weighted by Crippen LogP contribution is -2.31. The number of ether oxygens (including phenoxy) is 1. The molecule has 4 rings (SSSR count). The van der Waals surface area contributed by atoms with E-state index in [0.717, 1.165) is 29.3 Å². The fraction of sp³-hybridized carbons (Fsp3) is 0.364. The maximum absolute atomic E-state index is 12.5. The molecule has 1 aromatic carbocycles. The first kappa shape index (κ1) is 20.6. The fourth-order valence-corrected chi connectivity index (χ4v) is 3.82. The fourth-order valence-electron chi connectivity index (χ4n) is 3.82. The van der Waals surface area contributed by atoms with E-state index < -0.39 is 17.2 Å². The Morgan fingerprint density at radius 1 is 1.16 bits per heavy atom. The van der Waals surface area contributed by atoms with Crippen molar-refractivity contribution in [3.05, 3.63) is 62.7 Å². The first-order valence-corrected chi connectivity index (χ1v) is 10.5. The van der Waals surface area contributed by atoms with Crippen LogP contribution in [0.25, 0.3) is 22.1 Å². The monoisotopic (exact) mass is 423 g/mol. The Hall–Kier alpha value is -3.62. The van der Waals surface area contributed by atoms with Gasteiger partial charge in [-0.05, 0) is 25.0 Å². The summed E-state index contributed by atoms with van der Waals surface area (Å²) in [5.41, 5.74) is 1.50. The Morgan fingerprint density at radius 3 is 2.74 bits per heavy atom. The van der Waals surface area contributed by atoms with Gasteiger partial charge in [-0.2, -0.15) is 0 Å². The standard InChI is InChI=1S/C22H25N5O4/c1-3-5-10-27-20-19(21(29)25-22(27)30)26(4-2)17(24-20)13-31-18(28)11-14-12-23-16-9-7-6-8-15(14)16/h6-9,12,23H,3-5,10-11,13H2,1-2H3,(H,25,29,30). The average Bonchev–Trinajstić information content (AvgIpc) is 3.34.